The summed E-state index contributed by atoms with van der Waals surface area (Å²) in [5, 5.41) is 4.68. The molecule has 0 unspecified atom stereocenters. The summed E-state index contributed by atoms with van der Waals surface area (Å²) in [5.74, 6) is 0.886. The Balaban J connectivity index is 0.00000289. The van der Waals surface area contributed by atoms with E-state index in [9.17, 15) is 0 Å². The molecule has 6 nitrogen and oxygen atoms in total. The number of hydrogen-bond acceptors (Lipinski definition) is 5. The first-order chi connectivity index (χ1) is 15.2. The van der Waals surface area contributed by atoms with Gasteiger partial charge in [0.05, 0.1) is 24.9 Å². The monoisotopic (exact) mass is 570 g/mol. The maximum absolute atomic E-state index is 6.07. The van der Waals surface area contributed by atoms with E-state index in [2.05, 4.69) is 46.5 Å². The number of nitrogens with one attached hydrogen (secondary N) is 1. The molecule has 1 aromatic carbocycles. The summed E-state index contributed by atoms with van der Waals surface area (Å²) in [4.78, 5) is 13.0. The lowest BCUT2D eigenvalue weighted by atomic mass is 10.0. The molecule has 1 aliphatic carbocycles. The van der Waals surface area contributed by atoms with Gasteiger partial charge in [0.15, 0.2) is 5.96 Å². The van der Waals surface area contributed by atoms with Crippen molar-refractivity contribution >= 4 is 41.3 Å². The van der Waals surface area contributed by atoms with Crippen LogP contribution in [0, 0.1) is 0 Å². The fourth-order valence-electron chi connectivity index (χ4n) is 4.20. The van der Waals surface area contributed by atoms with Gasteiger partial charge in [0.1, 0.15) is 5.01 Å². The second kappa shape index (κ2) is 12.9. The van der Waals surface area contributed by atoms with E-state index in [1.54, 1.807) is 0 Å². The number of halogens is 1. The highest BCUT2D eigenvalue weighted by molar-refractivity contribution is 14.0. The SMILES string of the molecule is CN=C(NCc1cccc(COC2CCOCC2)c1)N(C)Cc1nc2c(s1)CCCC2.I. The molecule has 1 fully saturated rings. The average molecular weight is 571 g/mol. The fraction of sp³-hybridized carbons (Fsp3) is 0.583. The van der Waals surface area contributed by atoms with Crippen molar-refractivity contribution in [3.05, 3.63) is 51.0 Å². The minimum Gasteiger partial charge on any atom is -0.381 e. The molecule has 0 bridgehead atoms. The maximum atomic E-state index is 6.07. The Kier molecular flexibility index (Phi) is 10.2. The Morgan fingerprint density at radius 2 is 2.03 bits per heavy atom. The van der Waals surface area contributed by atoms with Gasteiger partial charge in [-0.15, -0.1) is 35.3 Å². The first-order valence-electron chi connectivity index (χ1n) is 11.4. The molecule has 8 heteroatoms. The summed E-state index contributed by atoms with van der Waals surface area (Å²) in [7, 11) is 3.91. The lowest BCUT2D eigenvalue weighted by Gasteiger charge is -2.23. The molecule has 2 heterocycles. The number of rotatable bonds is 7. The molecule has 0 atom stereocenters. The van der Waals surface area contributed by atoms with E-state index >= 15 is 0 Å². The molecule has 0 amide bonds. The first kappa shape index (κ1) is 25.4. The van der Waals surface area contributed by atoms with Gasteiger partial charge in [-0.25, -0.2) is 4.98 Å². The third-order valence-corrected chi connectivity index (χ3v) is 7.07. The van der Waals surface area contributed by atoms with E-state index in [1.165, 1.54) is 46.0 Å². The number of nitrogens with zero attached hydrogens (tertiary/aromatic N) is 3. The van der Waals surface area contributed by atoms with Crippen LogP contribution in [0.2, 0.25) is 0 Å². The van der Waals surface area contributed by atoms with Gasteiger partial charge < -0.3 is 19.7 Å². The molecule has 0 saturated carbocycles. The Morgan fingerprint density at radius 3 is 2.81 bits per heavy atom. The van der Waals surface area contributed by atoms with Crippen molar-refractivity contribution in [2.45, 2.75) is 64.3 Å². The van der Waals surface area contributed by atoms with Crippen LogP contribution in [0.1, 0.15) is 52.4 Å². The van der Waals surface area contributed by atoms with Crippen LogP contribution in [0.5, 0.6) is 0 Å². The molecule has 0 spiro atoms. The average Bonchev–Trinajstić information content (AvgIpc) is 3.21. The van der Waals surface area contributed by atoms with Crippen LogP contribution in [0.4, 0.5) is 0 Å². The zero-order valence-corrected chi connectivity index (χ0v) is 22.3. The quantitative estimate of drug-likeness (QED) is 0.301. The maximum Gasteiger partial charge on any atom is 0.194 e. The van der Waals surface area contributed by atoms with Crippen LogP contribution in [0.15, 0.2) is 29.3 Å². The zero-order valence-electron chi connectivity index (χ0n) is 19.1. The van der Waals surface area contributed by atoms with Gasteiger partial charge in [0, 0.05) is 38.7 Å². The Labute approximate surface area is 212 Å². The molecular formula is C24H35IN4O2S. The summed E-state index contributed by atoms with van der Waals surface area (Å²) >= 11 is 1.87. The van der Waals surface area contributed by atoms with Gasteiger partial charge in [-0.2, -0.15) is 0 Å². The molecule has 176 valence electrons. The standard InChI is InChI=1S/C24H34N4O2S.HI/c1-25-24(28(2)16-23-27-21-8-3-4-9-22(21)31-23)26-15-18-6-5-7-19(14-18)17-30-20-10-12-29-13-11-20;/h5-7,14,20H,3-4,8-13,15-17H2,1-2H3,(H,25,26);1H. The minimum absolute atomic E-state index is 0. The minimum atomic E-state index is 0. The highest BCUT2D eigenvalue weighted by Gasteiger charge is 2.17. The Morgan fingerprint density at radius 1 is 1.25 bits per heavy atom. The van der Waals surface area contributed by atoms with E-state index in [-0.39, 0.29) is 24.0 Å². The van der Waals surface area contributed by atoms with Crippen LogP contribution < -0.4 is 5.32 Å². The third-order valence-electron chi connectivity index (χ3n) is 5.93. The Bertz CT molecular complexity index is 859. The molecule has 1 aliphatic heterocycles. The van der Waals surface area contributed by atoms with Crippen LogP contribution in [-0.2, 0) is 42.0 Å². The molecule has 1 N–H and O–H groups in total. The molecule has 1 saturated heterocycles. The number of guanidine groups is 1. The van der Waals surface area contributed by atoms with Crippen LogP contribution >= 0.6 is 35.3 Å². The molecule has 1 aromatic heterocycles. The predicted molar refractivity (Wildman–Crippen MR) is 141 cm³/mol. The number of aromatic nitrogens is 1. The van der Waals surface area contributed by atoms with Crippen molar-refractivity contribution in [2.24, 2.45) is 4.99 Å². The molecular weight excluding hydrogens is 535 g/mol. The predicted octanol–water partition coefficient (Wildman–Crippen LogP) is 4.54. The first-order valence-corrected chi connectivity index (χ1v) is 12.2. The van der Waals surface area contributed by atoms with E-state index in [0.29, 0.717) is 12.7 Å². The van der Waals surface area contributed by atoms with Gasteiger partial charge in [-0.3, -0.25) is 4.99 Å². The van der Waals surface area contributed by atoms with E-state index in [1.807, 2.05) is 18.4 Å². The normalized spacial score (nSPS) is 16.9. The second-order valence-corrected chi connectivity index (χ2v) is 9.55. The fourth-order valence-corrected chi connectivity index (χ4v) is 5.41. The lowest BCUT2D eigenvalue weighted by Crippen LogP contribution is -2.38. The smallest absolute Gasteiger partial charge is 0.194 e. The van der Waals surface area contributed by atoms with Crippen LogP contribution in [0.25, 0.3) is 0 Å². The van der Waals surface area contributed by atoms with Crippen molar-refractivity contribution in [3.8, 4) is 0 Å². The van der Waals surface area contributed by atoms with E-state index in [4.69, 9.17) is 14.5 Å². The summed E-state index contributed by atoms with van der Waals surface area (Å²) in [6.45, 7) is 3.80. The van der Waals surface area contributed by atoms with Crippen molar-refractivity contribution in [1.29, 1.82) is 0 Å². The third kappa shape index (κ3) is 7.13. The highest BCUT2D eigenvalue weighted by Crippen LogP contribution is 2.27. The van der Waals surface area contributed by atoms with Gasteiger partial charge in [0.2, 0.25) is 0 Å². The molecule has 2 aromatic rings. The number of hydrogen-bond donors (Lipinski definition) is 1. The van der Waals surface area contributed by atoms with Crippen molar-refractivity contribution in [2.75, 3.05) is 27.3 Å². The largest absolute Gasteiger partial charge is 0.381 e. The number of benzene rings is 1. The molecule has 2 aliphatic rings. The number of thiazole rings is 1. The lowest BCUT2D eigenvalue weighted by molar-refractivity contribution is -0.0390. The molecule has 4 rings (SSSR count). The second-order valence-electron chi connectivity index (χ2n) is 8.38. The summed E-state index contributed by atoms with van der Waals surface area (Å²) in [5.41, 5.74) is 3.76. The van der Waals surface area contributed by atoms with Crippen LogP contribution in [-0.4, -0.2) is 49.3 Å². The van der Waals surface area contributed by atoms with E-state index in [0.717, 1.165) is 51.5 Å². The highest BCUT2D eigenvalue weighted by atomic mass is 127. The Hall–Kier alpha value is -1.23. The van der Waals surface area contributed by atoms with Crippen molar-refractivity contribution < 1.29 is 9.47 Å². The summed E-state index contributed by atoms with van der Waals surface area (Å²) in [6, 6.07) is 8.60. The number of aryl methyl sites for hydroxylation is 2. The van der Waals surface area contributed by atoms with Gasteiger partial charge in [-0.05, 0) is 49.7 Å². The number of fused-ring (bicyclic) bond motifs is 1. The van der Waals surface area contributed by atoms with Gasteiger partial charge >= 0.3 is 0 Å². The number of aliphatic imine (C=N–C) groups is 1. The van der Waals surface area contributed by atoms with Gasteiger partial charge in [0.25, 0.3) is 0 Å². The molecule has 0 radical (unpaired) electrons. The van der Waals surface area contributed by atoms with Crippen molar-refractivity contribution in [3.63, 3.8) is 0 Å². The van der Waals surface area contributed by atoms with Crippen molar-refractivity contribution in [1.82, 2.24) is 15.2 Å². The zero-order chi connectivity index (χ0) is 21.5. The van der Waals surface area contributed by atoms with E-state index < -0.39 is 0 Å². The topological polar surface area (TPSA) is 59.0 Å². The summed E-state index contributed by atoms with van der Waals surface area (Å²) < 4.78 is 11.5. The summed E-state index contributed by atoms with van der Waals surface area (Å²) in [6.07, 6.45) is 7.20. The number of ether oxygens (including phenoxy) is 2. The van der Waals surface area contributed by atoms with Crippen LogP contribution in [0.3, 0.4) is 0 Å². The molecule has 32 heavy (non-hydrogen) atoms. The van der Waals surface area contributed by atoms with Gasteiger partial charge in [-0.1, -0.05) is 24.3 Å².